The number of anilines is 2. The van der Waals surface area contributed by atoms with Crippen LogP contribution in [0.1, 0.15) is 12.8 Å². The molecular weight excluding hydrogens is 284 g/mol. The minimum absolute atomic E-state index is 0.0509. The molecule has 7 heteroatoms. The Morgan fingerprint density at radius 2 is 2.30 bits per heavy atom. The number of hydrogen-bond donors (Lipinski definition) is 2. The summed E-state index contributed by atoms with van der Waals surface area (Å²) in [6, 6.07) is 4.89. The number of rotatable bonds is 4. The molecule has 0 spiro atoms. The van der Waals surface area contributed by atoms with Crippen molar-refractivity contribution in [2.24, 2.45) is 0 Å². The quantitative estimate of drug-likeness (QED) is 0.891. The number of aliphatic hydroxyl groups is 1. The Morgan fingerprint density at radius 1 is 1.50 bits per heavy atom. The van der Waals surface area contributed by atoms with Crippen molar-refractivity contribution >= 4 is 35.0 Å². The topological polar surface area (TPSA) is 78.9 Å². The molecule has 0 bridgehead atoms. The van der Waals surface area contributed by atoms with Crippen LogP contribution in [0.2, 0.25) is 5.02 Å². The first kappa shape index (κ1) is 14.6. The number of nitrogens with zero attached hydrogens (tertiary/aromatic N) is 1. The Hall–Kier alpha value is -1.79. The van der Waals surface area contributed by atoms with Crippen LogP contribution in [-0.2, 0) is 9.53 Å². The van der Waals surface area contributed by atoms with Gasteiger partial charge in [0.05, 0.1) is 17.3 Å². The number of benzene rings is 1. The number of amides is 2. The molecule has 1 aromatic carbocycles. The van der Waals surface area contributed by atoms with Gasteiger partial charge in [0.2, 0.25) is 5.91 Å². The highest BCUT2D eigenvalue weighted by Gasteiger charge is 2.23. The maximum atomic E-state index is 11.7. The number of carbonyl (C=O) groups is 2. The van der Waals surface area contributed by atoms with E-state index in [4.69, 9.17) is 16.7 Å². The molecule has 2 amide bonds. The van der Waals surface area contributed by atoms with Crippen LogP contribution in [0.25, 0.3) is 0 Å². The summed E-state index contributed by atoms with van der Waals surface area (Å²) in [5.41, 5.74) is 1.11. The minimum atomic E-state index is -0.667. The van der Waals surface area contributed by atoms with Crippen molar-refractivity contribution in [2.75, 3.05) is 30.0 Å². The van der Waals surface area contributed by atoms with Crippen LogP contribution < -0.4 is 10.2 Å². The molecule has 1 heterocycles. The summed E-state index contributed by atoms with van der Waals surface area (Å²) in [5, 5.41) is 11.4. The van der Waals surface area contributed by atoms with E-state index in [0.29, 0.717) is 29.4 Å². The van der Waals surface area contributed by atoms with Gasteiger partial charge in [0.1, 0.15) is 6.61 Å². The standard InChI is InChI=1S/C13H15ClN2O4/c14-10-8-9(15-13(19)20-7-6-17)3-4-11(10)16-5-1-2-12(16)18/h3-4,8,17H,1-2,5-7H2,(H,15,19). The van der Waals surface area contributed by atoms with Crippen molar-refractivity contribution in [3.8, 4) is 0 Å². The number of nitrogens with one attached hydrogen (secondary N) is 1. The summed E-state index contributed by atoms with van der Waals surface area (Å²) in [4.78, 5) is 24.6. The molecule has 2 N–H and O–H groups in total. The maximum Gasteiger partial charge on any atom is 0.411 e. The van der Waals surface area contributed by atoms with Crippen molar-refractivity contribution in [3.05, 3.63) is 23.2 Å². The van der Waals surface area contributed by atoms with E-state index in [1.807, 2.05) is 0 Å². The van der Waals surface area contributed by atoms with Crippen LogP contribution in [0.15, 0.2) is 18.2 Å². The van der Waals surface area contributed by atoms with Gasteiger partial charge in [-0.3, -0.25) is 10.1 Å². The fraction of sp³-hybridized carbons (Fsp3) is 0.385. The molecule has 1 aliphatic heterocycles. The Bertz CT molecular complexity index is 521. The Labute approximate surface area is 121 Å². The summed E-state index contributed by atoms with van der Waals surface area (Å²) in [6.45, 7) is 0.355. The predicted octanol–water partition coefficient (Wildman–Crippen LogP) is 2.01. The highest BCUT2D eigenvalue weighted by atomic mass is 35.5. The van der Waals surface area contributed by atoms with Gasteiger partial charge in [0, 0.05) is 18.7 Å². The van der Waals surface area contributed by atoms with E-state index in [2.05, 4.69) is 10.1 Å². The van der Waals surface area contributed by atoms with Gasteiger partial charge >= 0.3 is 6.09 Å². The normalized spacial score (nSPS) is 14.5. The van der Waals surface area contributed by atoms with Gasteiger partial charge in [-0.05, 0) is 24.6 Å². The summed E-state index contributed by atoms with van der Waals surface area (Å²) >= 11 is 6.14. The first-order valence-corrected chi connectivity index (χ1v) is 6.64. The first-order chi connectivity index (χ1) is 9.61. The van der Waals surface area contributed by atoms with Gasteiger partial charge in [0.15, 0.2) is 0 Å². The molecule has 0 saturated carbocycles. The molecule has 20 heavy (non-hydrogen) atoms. The third kappa shape index (κ3) is 3.40. The van der Waals surface area contributed by atoms with Crippen molar-refractivity contribution in [1.82, 2.24) is 0 Å². The van der Waals surface area contributed by atoms with Gasteiger partial charge in [-0.25, -0.2) is 4.79 Å². The molecule has 0 aromatic heterocycles. The lowest BCUT2D eigenvalue weighted by molar-refractivity contribution is -0.117. The zero-order chi connectivity index (χ0) is 14.5. The van der Waals surface area contributed by atoms with E-state index < -0.39 is 6.09 Å². The second kappa shape index (κ2) is 6.58. The second-order valence-corrected chi connectivity index (χ2v) is 4.71. The monoisotopic (exact) mass is 298 g/mol. The molecule has 1 aliphatic rings. The lowest BCUT2D eigenvalue weighted by Gasteiger charge is -2.18. The summed E-state index contributed by atoms with van der Waals surface area (Å²) in [7, 11) is 0. The third-order valence-electron chi connectivity index (χ3n) is 2.88. The highest BCUT2D eigenvalue weighted by molar-refractivity contribution is 6.34. The largest absolute Gasteiger partial charge is 0.447 e. The molecule has 108 valence electrons. The average molecular weight is 299 g/mol. The maximum absolute atomic E-state index is 11.7. The fourth-order valence-corrected chi connectivity index (χ4v) is 2.28. The highest BCUT2D eigenvalue weighted by Crippen LogP contribution is 2.31. The van der Waals surface area contributed by atoms with Crippen LogP contribution in [0.5, 0.6) is 0 Å². The van der Waals surface area contributed by atoms with E-state index >= 15 is 0 Å². The zero-order valence-electron chi connectivity index (χ0n) is 10.8. The number of aliphatic hydroxyl groups excluding tert-OH is 1. The Balaban J connectivity index is 2.06. The molecule has 1 aromatic rings. The number of carbonyl (C=O) groups excluding carboxylic acids is 2. The summed E-state index contributed by atoms with van der Waals surface area (Å²) in [6.07, 6.45) is 0.687. The van der Waals surface area contributed by atoms with Crippen LogP contribution in [-0.4, -0.2) is 36.9 Å². The van der Waals surface area contributed by atoms with Crippen molar-refractivity contribution in [1.29, 1.82) is 0 Å². The lowest BCUT2D eigenvalue weighted by atomic mass is 10.2. The van der Waals surface area contributed by atoms with Crippen LogP contribution in [0.3, 0.4) is 0 Å². The van der Waals surface area contributed by atoms with Crippen LogP contribution >= 0.6 is 11.6 Å². The van der Waals surface area contributed by atoms with Crippen molar-refractivity contribution in [3.63, 3.8) is 0 Å². The van der Waals surface area contributed by atoms with Gasteiger partial charge < -0.3 is 14.7 Å². The molecule has 0 unspecified atom stereocenters. The number of hydrogen-bond acceptors (Lipinski definition) is 4. The van der Waals surface area contributed by atoms with Crippen molar-refractivity contribution in [2.45, 2.75) is 12.8 Å². The van der Waals surface area contributed by atoms with Crippen molar-refractivity contribution < 1.29 is 19.4 Å². The smallest absolute Gasteiger partial charge is 0.411 e. The van der Waals surface area contributed by atoms with Gasteiger partial charge in [-0.15, -0.1) is 0 Å². The number of ether oxygens (including phenoxy) is 1. The molecule has 1 saturated heterocycles. The van der Waals surface area contributed by atoms with E-state index in [1.165, 1.54) is 0 Å². The lowest BCUT2D eigenvalue weighted by Crippen LogP contribution is -2.24. The fourth-order valence-electron chi connectivity index (χ4n) is 2.00. The van der Waals surface area contributed by atoms with E-state index in [1.54, 1.807) is 23.1 Å². The van der Waals surface area contributed by atoms with E-state index in [0.717, 1.165) is 6.42 Å². The Kier molecular flexibility index (Phi) is 4.81. The zero-order valence-corrected chi connectivity index (χ0v) is 11.5. The molecule has 0 radical (unpaired) electrons. The molecule has 0 atom stereocenters. The third-order valence-corrected chi connectivity index (χ3v) is 3.19. The van der Waals surface area contributed by atoms with Gasteiger partial charge in [0.25, 0.3) is 0 Å². The predicted molar refractivity (Wildman–Crippen MR) is 75.1 cm³/mol. The van der Waals surface area contributed by atoms with Gasteiger partial charge in [-0.2, -0.15) is 0 Å². The Morgan fingerprint density at radius 3 is 2.90 bits per heavy atom. The number of halogens is 1. The summed E-state index contributed by atoms with van der Waals surface area (Å²) in [5.74, 6) is 0.0509. The summed E-state index contributed by atoms with van der Waals surface area (Å²) < 4.78 is 4.67. The van der Waals surface area contributed by atoms with E-state index in [-0.39, 0.29) is 19.1 Å². The van der Waals surface area contributed by atoms with Crippen LogP contribution in [0.4, 0.5) is 16.2 Å². The molecule has 6 nitrogen and oxygen atoms in total. The van der Waals surface area contributed by atoms with Gasteiger partial charge in [-0.1, -0.05) is 11.6 Å². The molecular formula is C13H15ClN2O4. The van der Waals surface area contributed by atoms with Crippen LogP contribution in [0, 0.1) is 0 Å². The molecule has 1 fully saturated rings. The first-order valence-electron chi connectivity index (χ1n) is 6.26. The minimum Gasteiger partial charge on any atom is -0.447 e. The van der Waals surface area contributed by atoms with E-state index in [9.17, 15) is 9.59 Å². The molecule has 2 rings (SSSR count). The SMILES string of the molecule is O=C(Nc1ccc(N2CCCC2=O)c(Cl)c1)OCCO. The second-order valence-electron chi connectivity index (χ2n) is 4.30. The average Bonchev–Trinajstić information content (AvgIpc) is 2.83. The molecule has 0 aliphatic carbocycles.